The van der Waals surface area contributed by atoms with Crippen LogP contribution in [0.3, 0.4) is 0 Å². The van der Waals surface area contributed by atoms with Crippen LogP contribution in [0.1, 0.15) is 22.5 Å². The van der Waals surface area contributed by atoms with Gasteiger partial charge in [0.1, 0.15) is 23.2 Å². The summed E-state index contributed by atoms with van der Waals surface area (Å²) in [6, 6.07) is 32.0. The van der Waals surface area contributed by atoms with E-state index in [4.69, 9.17) is 4.98 Å². The first-order chi connectivity index (χ1) is 19.4. The molecule has 2 heterocycles. The van der Waals surface area contributed by atoms with Crippen LogP contribution in [0.2, 0.25) is 0 Å². The number of aliphatic hydroxyl groups is 1. The fourth-order valence-electron chi connectivity index (χ4n) is 4.93. The van der Waals surface area contributed by atoms with Crippen LogP contribution in [0.4, 0.5) is 15.9 Å². The average molecular weight is 531 g/mol. The number of hydrogen-bond acceptors (Lipinski definition) is 4. The molecule has 6 nitrogen and oxygen atoms in total. The molecule has 1 aliphatic rings. The number of aromatic nitrogens is 2. The van der Waals surface area contributed by atoms with E-state index >= 15 is 0 Å². The highest BCUT2D eigenvalue weighted by molar-refractivity contribution is 5.91. The monoisotopic (exact) mass is 530 g/mol. The van der Waals surface area contributed by atoms with Crippen molar-refractivity contribution in [2.75, 3.05) is 5.32 Å². The number of anilines is 2. The van der Waals surface area contributed by atoms with Gasteiger partial charge in [0, 0.05) is 23.7 Å². The minimum absolute atomic E-state index is 0.126. The number of hydrogen-bond donors (Lipinski definition) is 2. The molecule has 0 spiro atoms. The molecule has 0 atom stereocenters. The van der Waals surface area contributed by atoms with Gasteiger partial charge in [0.2, 0.25) is 0 Å². The molecule has 1 aliphatic heterocycles. The van der Waals surface area contributed by atoms with Crippen molar-refractivity contribution >= 4 is 23.6 Å². The van der Waals surface area contributed by atoms with Gasteiger partial charge in [-0.25, -0.2) is 9.37 Å². The maximum atomic E-state index is 14.1. The molecule has 0 radical (unpaired) electrons. The molecule has 1 aromatic heterocycles. The molecule has 0 saturated heterocycles. The molecule has 1 amide bonds. The summed E-state index contributed by atoms with van der Waals surface area (Å²) in [6.07, 6.45) is 3.41. The number of benzene rings is 4. The molecule has 7 heteroatoms. The van der Waals surface area contributed by atoms with Gasteiger partial charge in [-0.3, -0.25) is 9.36 Å². The Morgan fingerprint density at radius 1 is 0.850 bits per heavy atom. The molecule has 0 unspecified atom stereocenters. The quantitative estimate of drug-likeness (QED) is 0.265. The predicted molar refractivity (Wildman–Crippen MR) is 154 cm³/mol. The van der Waals surface area contributed by atoms with E-state index in [1.807, 2.05) is 47.9 Å². The summed E-state index contributed by atoms with van der Waals surface area (Å²) in [6.45, 7) is 2.15. The third-order valence-electron chi connectivity index (χ3n) is 7.08. The number of nitrogens with one attached hydrogen (secondary N) is 1. The maximum absolute atomic E-state index is 14.1. The van der Waals surface area contributed by atoms with Crippen LogP contribution in [0.5, 0.6) is 0 Å². The van der Waals surface area contributed by atoms with Crippen molar-refractivity contribution in [3.63, 3.8) is 0 Å². The van der Waals surface area contributed by atoms with Crippen LogP contribution < -0.4 is 5.32 Å². The second-order valence-electron chi connectivity index (χ2n) is 9.77. The van der Waals surface area contributed by atoms with Crippen molar-refractivity contribution in [1.82, 2.24) is 14.5 Å². The lowest BCUT2D eigenvalue weighted by molar-refractivity contribution is -0.146. The number of carbonyl (C=O) groups excluding carboxylic acids is 1. The van der Waals surface area contributed by atoms with Gasteiger partial charge in [0.05, 0.1) is 6.54 Å². The van der Waals surface area contributed by atoms with E-state index in [1.54, 1.807) is 73.1 Å². The highest BCUT2D eigenvalue weighted by Crippen LogP contribution is 2.36. The number of imidazole rings is 1. The Labute approximate surface area is 231 Å². The Bertz CT molecular complexity index is 1640. The molecule has 6 rings (SSSR count). The van der Waals surface area contributed by atoms with E-state index in [2.05, 4.69) is 5.32 Å². The van der Waals surface area contributed by atoms with Gasteiger partial charge < -0.3 is 15.3 Å². The maximum Gasteiger partial charge on any atom is 0.268 e. The molecular formula is C33H27FN4O2. The van der Waals surface area contributed by atoms with E-state index in [1.165, 1.54) is 17.0 Å². The van der Waals surface area contributed by atoms with E-state index in [-0.39, 0.29) is 12.4 Å². The van der Waals surface area contributed by atoms with Gasteiger partial charge in [-0.2, -0.15) is 0 Å². The molecule has 2 N–H and O–H groups in total. The van der Waals surface area contributed by atoms with Crippen LogP contribution >= 0.6 is 0 Å². The smallest absolute Gasteiger partial charge is 0.268 e. The molecule has 198 valence electrons. The summed E-state index contributed by atoms with van der Waals surface area (Å²) < 4.78 is 15.6. The lowest BCUT2D eigenvalue weighted by atomic mass is 9.85. The number of nitrogens with zero attached hydrogens (tertiary/aromatic N) is 3. The number of carbonyl (C=O) groups is 1. The van der Waals surface area contributed by atoms with Gasteiger partial charge in [0.15, 0.2) is 5.60 Å². The zero-order valence-electron chi connectivity index (χ0n) is 21.8. The van der Waals surface area contributed by atoms with Gasteiger partial charge in [-0.15, -0.1) is 0 Å². The van der Waals surface area contributed by atoms with Crippen molar-refractivity contribution in [3.8, 4) is 11.3 Å². The molecule has 40 heavy (non-hydrogen) atoms. The van der Waals surface area contributed by atoms with Crippen LogP contribution in [0.25, 0.3) is 17.5 Å². The van der Waals surface area contributed by atoms with E-state index in [9.17, 15) is 14.3 Å². The molecule has 5 aromatic rings. The van der Waals surface area contributed by atoms with E-state index in [0.29, 0.717) is 28.5 Å². The van der Waals surface area contributed by atoms with Crippen molar-refractivity contribution in [2.45, 2.75) is 19.1 Å². The van der Waals surface area contributed by atoms with Gasteiger partial charge in [-0.1, -0.05) is 78.4 Å². The fourth-order valence-corrected chi connectivity index (χ4v) is 4.93. The topological polar surface area (TPSA) is 70.4 Å². The number of amides is 1. The lowest BCUT2D eigenvalue weighted by Gasteiger charge is -2.33. The van der Waals surface area contributed by atoms with Crippen molar-refractivity contribution in [1.29, 1.82) is 0 Å². The fraction of sp³-hybridized carbons (Fsp3) is 0.0909. The zero-order valence-corrected chi connectivity index (χ0v) is 21.8. The number of rotatable bonds is 6. The third-order valence-corrected chi connectivity index (χ3v) is 7.08. The minimum atomic E-state index is -1.90. The van der Waals surface area contributed by atoms with Crippen LogP contribution in [0.15, 0.2) is 115 Å². The highest BCUT2D eigenvalue weighted by Gasteiger charge is 2.43. The summed E-state index contributed by atoms with van der Waals surface area (Å²) in [7, 11) is 0. The second-order valence-corrected chi connectivity index (χ2v) is 9.77. The third kappa shape index (κ3) is 4.57. The average Bonchev–Trinajstić information content (AvgIpc) is 3.36. The minimum Gasteiger partial charge on any atom is -0.372 e. The Hall–Kier alpha value is -5.01. The molecule has 0 aliphatic carbocycles. The largest absolute Gasteiger partial charge is 0.372 e. The summed E-state index contributed by atoms with van der Waals surface area (Å²) in [5.41, 5.74) is 2.41. The first kappa shape index (κ1) is 25.3. The molecule has 0 fully saturated rings. The van der Waals surface area contributed by atoms with Gasteiger partial charge in [0.25, 0.3) is 5.91 Å². The Kier molecular flexibility index (Phi) is 6.50. The van der Waals surface area contributed by atoms with E-state index in [0.717, 1.165) is 16.8 Å². The number of fused-ring (bicyclic) bond motifs is 1. The predicted octanol–water partition coefficient (Wildman–Crippen LogP) is 6.45. The van der Waals surface area contributed by atoms with Crippen LogP contribution in [0, 0.1) is 12.7 Å². The summed E-state index contributed by atoms with van der Waals surface area (Å²) in [4.78, 5) is 20.4. The second kappa shape index (κ2) is 10.3. The zero-order chi connectivity index (χ0) is 27.7. The lowest BCUT2D eigenvalue weighted by Crippen LogP contribution is -2.46. The van der Waals surface area contributed by atoms with Gasteiger partial charge >= 0.3 is 0 Å². The Morgan fingerprint density at radius 2 is 1.45 bits per heavy atom. The Morgan fingerprint density at radius 3 is 2.05 bits per heavy atom. The first-order valence-corrected chi connectivity index (χ1v) is 13.0. The van der Waals surface area contributed by atoms with Crippen molar-refractivity contribution in [2.24, 2.45) is 0 Å². The summed E-state index contributed by atoms with van der Waals surface area (Å²) in [5, 5.41) is 15.5. The SMILES string of the molecule is Cc1ccc(Nc2c(-c3ccc(F)cc3)nc3n2C=CN(C(=O)C(O)(c2ccccc2)c2ccccc2)C3)cc1. The van der Waals surface area contributed by atoms with Crippen LogP contribution in [-0.2, 0) is 16.9 Å². The normalized spacial score (nSPS) is 12.7. The van der Waals surface area contributed by atoms with Crippen molar-refractivity contribution < 1.29 is 14.3 Å². The highest BCUT2D eigenvalue weighted by atomic mass is 19.1. The Balaban J connectivity index is 1.40. The van der Waals surface area contributed by atoms with Crippen molar-refractivity contribution in [3.05, 3.63) is 144 Å². The molecule has 4 aromatic carbocycles. The first-order valence-electron chi connectivity index (χ1n) is 13.0. The molecule has 0 bridgehead atoms. The summed E-state index contributed by atoms with van der Waals surface area (Å²) >= 11 is 0. The van der Waals surface area contributed by atoms with Crippen LogP contribution in [-0.4, -0.2) is 25.5 Å². The number of aryl methyl sites for hydroxylation is 1. The number of halogens is 1. The van der Waals surface area contributed by atoms with E-state index < -0.39 is 11.5 Å². The standard InChI is InChI=1S/C33H27FN4O2/c1-23-12-18-28(19-13-23)35-31-30(24-14-16-27(34)17-15-24)36-29-22-37(20-21-38(29)31)32(39)33(40,25-8-4-2-5-9-25)26-10-6-3-7-11-26/h2-21,35,40H,22H2,1H3. The van der Waals surface area contributed by atoms with Gasteiger partial charge in [-0.05, 0) is 54.4 Å². The summed E-state index contributed by atoms with van der Waals surface area (Å²) in [5.74, 6) is 0.453. The molecule has 0 saturated carbocycles. The molecular weight excluding hydrogens is 503 g/mol.